The van der Waals surface area contributed by atoms with Gasteiger partial charge in [-0.3, -0.25) is 9.69 Å². The average Bonchev–Trinajstić information content (AvgIpc) is 2.76. The fourth-order valence-electron chi connectivity index (χ4n) is 3.23. The minimum absolute atomic E-state index is 0.142. The second-order valence-corrected chi connectivity index (χ2v) is 6.01. The molecule has 1 aromatic carbocycles. The highest BCUT2D eigenvalue weighted by molar-refractivity contribution is 6.35. The van der Waals surface area contributed by atoms with Gasteiger partial charge in [-0.15, -0.1) is 0 Å². The van der Waals surface area contributed by atoms with Gasteiger partial charge in [0.2, 0.25) is 0 Å². The van der Waals surface area contributed by atoms with Crippen molar-refractivity contribution in [2.75, 3.05) is 6.54 Å². The molecule has 4 heteroatoms. The summed E-state index contributed by atoms with van der Waals surface area (Å²) >= 11 is 12.2. The van der Waals surface area contributed by atoms with E-state index in [9.17, 15) is 4.79 Å². The molecule has 1 aromatic rings. The van der Waals surface area contributed by atoms with Crippen LogP contribution in [0, 0.1) is 0 Å². The van der Waals surface area contributed by atoms with Crippen molar-refractivity contribution in [3.63, 3.8) is 0 Å². The molecule has 2 aliphatic heterocycles. The second kappa shape index (κ2) is 4.84. The van der Waals surface area contributed by atoms with Crippen molar-refractivity contribution < 1.29 is 4.79 Å². The van der Waals surface area contributed by atoms with Gasteiger partial charge in [0.05, 0.1) is 0 Å². The highest BCUT2D eigenvalue weighted by Crippen LogP contribution is 2.40. The molecule has 2 aliphatic rings. The SMILES string of the molecule is O=C1C[C@@H]2CCCN2[C@@H](c2ccc(Cl)cc2Cl)C1. The fraction of sp³-hybridized carbons (Fsp3) is 0.500. The Morgan fingerprint density at radius 2 is 2.06 bits per heavy atom. The summed E-state index contributed by atoms with van der Waals surface area (Å²) in [7, 11) is 0. The summed E-state index contributed by atoms with van der Waals surface area (Å²) in [6.45, 7) is 1.07. The molecule has 0 aliphatic carbocycles. The van der Waals surface area contributed by atoms with Crippen LogP contribution in [0.3, 0.4) is 0 Å². The zero-order valence-corrected chi connectivity index (χ0v) is 11.5. The maximum Gasteiger partial charge on any atom is 0.136 e. The van der Waals surface area contributed by atoms with E-state index in [0.29, 0.717) is 34.7 Å². The summed E-state index contributed by atoms with van der Waals surface area (Å²) < 4.78 is 0. The van der Waals surface area contributed by atoms with E-state index in [-0.39, 0.29) is 6.04 Å². The molecule has 0 amide bonds. The standard InChI is InChI=1S/C14H15Cl2NO/c15-9-3-4-12(13(16)6-9)14-8-11(18)7-10-2-1-5-17(10)14/h3-4,6,10,14H,1-2,5,7-8H2/t10-,14+/m0/s1. The maximum atomic E-state index is 11.9. The molecule has 0 bridgehead atoms. The van der Waals surface area contributed by atoms with E-state index in [1.165, 1.54) is 6.42 Å². The average molecular weight is 284 g/mol. The van der Waals surface area contributed by atoms with Gasteiger partial charge in [0.25, 0.3) is 0 Å². The number of carbonyl (C=O) groups excluding carboxylic acids is 1. The minimum Gasteiger partial charge on any atom is -0.300 e. The topological polar surface area (TPSA) is 20.3 Å². The summed E-state index contributed by atoms with van der Waals surface area (Å²) in [5.41, 5.74) is 1.04. The molecule has 2 atom stereocenters. The summed E-state index contributed by atoms with van der Waals surface area (Å²) in [5.74, 6) is 0.356. The van der Waals surface area contributed by atoms with Crippen LogP contribution in [0.4, 0.5) is 0 Å². The van der Waals surface area contributed by atoms with Gasteiger partial charge < -0.3 is 0 Å². The number of fused-ring (bicyclic) bond motifs is 1. The number of hydrogen-bond acceptors (Lipinski definition) is 2. The number of Topliss-reactive ketones (excluding diaryl/α,β-unsaturated/α-hetero) is 1. The summed E-state index contributed by atoms with van der Waals surface area (Å²) in [6.07, 6.45) is 3.60. The van der Waals surface area contributed by atoms with Crippen molar-refractivity contribution >= 4 is 29.0 Å². The van der Waals surface area contributed by atoms with Crippen LogP contribution in [-0.2, 0) is 4.79 Å². The molecule has 96 valence electrons. The van der Waals surface area contributed by atoms with Crippen LogP contribution < -0.4 is 0 Å². The Morgan fingerprint density at radius 1 is 1.22 bits per heavy atom. The lowest BCUT2D eigenvalue weighted by Gasteiger charge is -2.37. The number of ketones is 1. The second-order valence-electron chi connectivity index (χ2n) is 5.16. The van der Waals surface area contributed by atoms with Crippen LogP contribution in [0.1, 0.15) is 37.3 Å². The zero-order valence-electron chi connectivity index (χ0n) is 10.0. The lowest BCUT2D eigenvalue weighted by atomic mass is 9.91. The van der Waals surface area contributed by atoms with Gasteiger partial charge in [-0.2, -0.15) is 0 Å². The molecule has 0 N–H and O–H groups in total. The van der Waals surface area contributed by atoms with E-state index in [1.54, 1.807) is 6.07 Å². The molecular weight excluding hydrogens is 269 g/mol. The van der Waals surface area contributed by atoms with Crippen LogP contribution in [0.15, 0.2) is 18.2 Å². The third-order valence-corrected chi connectivity index (χ3v) is 4.59. The van der Waals surface area contributed by atoms with Crippen LogP contribution in [-0.4, -0.2) is 23.3 Å². The Morgan fingerprint density at radius 3 is 2.83 bits per heavy atom. The molecule has 2 fully saturated rings. The molecule has 0 saturated carbocycles. The third-order valence-electron chi connectivity index (χ3n) is 4.03. The first kappa shape index (κ1) is 12.5. The lowest BCUT2D eigenvalue weighted by Crippen LogP contribution is -2.40. The van der Waals surface area contributed by atoms with Crippen LogP contribution in [0.25, 0.3) is 0 Å². The van der Waals surface area contributed by atoms with Crippen molar-refractivity contribution in [3.05, 3.63) is 33.8 Å². The summed E-state index contributed by atoms with van der Waals surface area (Å²) in [6, 6.07) is 6.14. The van der Waals surface area contributed by atoms with Crippen molar-refractivity contribution in [2.45, 2.75) is 37.8 Å². The first-order chi connectivity index (χ1) is 8.65. The highest BCUT2D eigenvalue weighted by atomic mass is 35.5. The monoisotopic (exact) mass is 283 g/mol. The van der Waals surface area contributed by atoms with Gasteiger partial charge in [-0.05, 0) is 37.1 Å². The quantitative estimate of drug-likeness (QED) is 0.780. The number of carbonyl (C=O) groups is 1. The van der Waals surface area contributed by atoms with Gasteiger partial charge in [0.15, 0.2) is 0 Å². The maximum absolute atomic E-state index is 11.9. The Hall–Kier alpha value is -0.570. The van der Waals surface area contributed by atoms with E-state index in [1.807, 2.05) is 12.1 Å². The van der Waals surface area contributed by atoms with E-state index in [2.05, 4.69) is 4.90 Å². The first-order valence-electron chi connectivity index (χ1n) is 6.37. The molecular formula is C14H15Cl2NO. The van der Waals surface area contributed by atoms with Crippen molar-refractivity contribution in [3.8, 4) is 0 Å². The predicted octanol–water partition coefficient (Wildman–Crippen LogP) is 3.86. The van der Waals surface area contributed by atoms with Crippen LogP contribution in [0.2, 0.25) is 10.0 Å². The third kappa shape index (κ3) is 2.18. The molecule has 2 saturated heterocycles. The van der Waals surface area contributed by atoms with Crippen LogP contribution in [0.5, 0.6) is 0 Å². The van der Waals surface area contributed by atoms with Gasteiger partial charge in [-0.25, -0.2) is 0 Å². The van der Waals surface area contributed by atoms with Crippen molar-refractivity contribution in [1.29, 1.82) is 0 Å². The predicted molar refractivity (Wildman–Crippen MR) is 73.2 cm³/mol. The molecule has 18 heavy (non-hydrogen) atoms. The molecule has 0 radical (unpaired) electrons. The number of nitrogens with zero attached hydrogens (tertiary/aromatic N) is 1. The van der Waals surface area contributed by atoms with E-state index >= 15 is 0 Å². The molecule has 0 spiro atoms. The Bertz CT molecular complexity index is 489. The van der Waals surface area contributed by atoms with Gasteiger partial charge in [-0.1, -0.05) is 29.3 Å². The van der Waals surface area contributed by atoms with E-state index < -0.39 is 0 Å². The van der Waals surface area contributed by atoms with Crippen molar-refractivity contribution in [1.82, 2.24) is 4.90 Å². The largest absolute Gasteiger partial charge is 0.300 e. The molecule has 3 rings (SSSR count). The molecule has 0 unspecified atom stereocenters. The highest BCUT2D eigenvalue weighted by Gasteiger charge is 2.38. The fourth-order valence-corrected chi connectivity index (χ4v) is 3.76. The molecule has 2 heterocycles. The van der Waals surface area contributed by atoms with Gasteiger partial charge >= 0.3 is 0 Å². The van der Waals surface area contributed by atoms with Gasteiger partial charge in [0, 0.05) is 35.0 Å². The first-order valence-corrected chi connectivity index (χ1v) is 7.13. The summed E-state index contributed by atoms with van der Waals surface area (Å²) in [5, 5.41) is 1.32. The Kier molecular flexibility index (Phi) is 3.35. The number of benzene rings is 1. The summed E-state index contributed by atoms with van der Waals surface area (Å²) in [4.78, 5) is 14.3. The molecule has 2 nitrogen and oxygen atoms in total. The van der Waals surface area contributed by atoms with E-state index in [4.69, 9.17) is 23.2 Å². The zero-order chi connectivity index (χ0) is 12.7. The Labute approximate surface area is 117 Å². The number of halogens is 2. The van der Waals surface area contributed by atoms with E-state index in [0.717, 1.165) is 18.5 Å². The normalized spacial score (nSPS) is 28.4. The number of rotatable bonds is 1. The number of hydrogen-bond donors (Lipinski definition) is 0. The molecule has 0 aromatic heterocycles. The lowest BCUT2D eigenvalue weighted by molar-refractivity contribution is -0.124. The smallest absolute Gasteiger partial charge is 0.136 e. The van der Waals surface area contributed by atoms with Crippen LogP contribution >= 0.6 is 23.2 Å². The minimum atomic E-state index is 0.142. The van der Waals surface area contributed by atoms with Gasteiger partial charge in [0.1, 0.15) is 5.78 Å². The number of piperidine rings is 1. The van der Waals surface area contributed by atoms with Crippen molar-refractivity contribution in [2.24, 2.45) is 0 Å². The Balaban J connectivity index is 1.96.